The summed E-state index contributed by atoms with van der Waals surface area (Å²) in [5, 5.41) is 8.58. The SMILES string of the molecule is CC(C)=CCC/C(C)=C/Cn1cc(CC(C)(C)P)nn1. The maximum absolute atomic E-state index is 4.23. The predicted octanol–water partition coefficient (Wildman–Crippen LogP) is 4.17. The molecular weight excluding hydrogens is 265 g/mol. The summed E-state index contributed by atoms with van der Waals surface area (Å²) in [4.78, 5) is 0. The first-order valence-corrected chi connectivity index (χ1v) is 7.81. The summed E-state index contributed by atoms with van der Waals surface area (Å²) in [5.74, 6) is 0. The van der Waals surface area contributed by atoms with E-state index in [2.05, 4.69) is 66.3 Å². The lowest BCUT2D eigenvalue weighted by atomic mass is 10.1. The van der Waals surface area contributed by atoms with E-state index in [0.29, 0.717) is 0 Å². The van der Waals surface area contributed by atoms with E-state index in [4.69, 9.17) is 0 Å². The van der Waals surface area contributed by atoms with E-state index in [-0.39, 0.29) is 5.16 Å². The second-order valence-electron chi connectivity index (χ2n) is 6.47. The van der Waals surface area contributed by atoms with Gasteiger partial charge in [0.1, 0.15) is 0 Å². The largest absolute Gasteiger partial charge is 0.248 e. The van der Waals surface area contributed by atoms with Crippen molar-refractivity contribution >= 4 is 9.24 Å². The van der Waals surface area contributed by atoms with Crippen LogP contribution in [0.4, 0.5) is 0 Å². The quantitative estimate of drug-likeness (QED) is 0.558. The Kier molecular flexibility index (Phi) is 6.61. The van der Waals surface area contributed by atoms with Gasteiger partial charge in [0.15, 0.2) is 0 Å². The fourth-order valence-corrected chi connectivity index (χ4v) is 2.12. The molecule has 0 saturated carbocycles. The van der Waals surface area contributed by atoms with Gasteiger partial charge in [-0.2, -0.15) is 0 Å². The van der Waals surface area contributed by atoms with Gasteiger partial charge >= 0.3 is 0 Å². The number of allylic oxidation sites excluding steroid dienone is 4. The van der Waals surface area contributed by atoms with E-state index in [1.165, 1.54) is 11.1 Å². The van der Waals surface area contributed by atoms with E-state index in [0.717, 1.165) is 31.5 Å². The van der Waals surface area contributed by atoms with Crippen LogP contribution in [0.25, 0.3) is 0 Å². The molecule has 0 radical (unpaired) electrons. The van der Waals surface area contributed by atoms with Gasteiger partial charge in [0.05, 0.1) is 12.2 Å². The van der Waals surface area contributed by atoms with Crippen LogP contribution in [0.15, 0.2) is 29.5 Å². The smallest absolute Gasteiger partial charge is 0.0835 e. The molecule has 1 heterocycles. The third-order valence-corrected chi connectivity index (χ3v) is 3.15. The summed E-state index contributed by atoms with van der Waals surface area (Å²) in [6, 6.07) is 0. The molecule has 0 bridgehead atoms. The van der Waals surface area contributed by atoms with E-state index in [1.54, 1.807) is 0 Å². The van der Waals surface area contributed by atoms with E-state index < -0.39 is 0 Å². The van der Waals surface area contributed by atoms with Crippen molar-refractivity contribution in [1.29, 1.82) is 0 Å². The molecule has 4 heteroatoms. The van der Waals surface area contributed by atoms with Crippen molar-refractivity contribution in [3.63, 3.8) is 0 Å². The highest BCUT2D eigenvalue weighted by Gasteiger charge is 2.13. The van der Waals surface area contributed by atoms with Gasteiger partial charge in [-0.25, -0.2) is 4.68 Å². The number of rotatable bonds is 7. The molecule has 0 N–H and O–H groups in total. The molecule has 0 spiro atoms. The Morgan fingerprint density at radius 1 is 1.30 bits per heavy atom. The Bertz CT molecular complexity index is 474. The molecule has 1 rings (SSSR count). The topological polar surface area (TPSA) is 30.7 Å². The summed E-state index contributed by atoms with van der Waals surface area (Å²) >= 11 is 0. The summed E-state index contributed by atoms with van der Waals surface area (Å²) in [6.45, 7) is 11.6. The molecule has 0 aliphatic heterocycles. The molecule has 1 atom stereocenters. The molecule has 0 fully saturated rings. The van der Waals surface area contributed by atoms with Crippen molar-refractivity contribution in [2.24, 2.45) is 0 Å². The van der Waals surface area contributed by atoms with E-state index in [1.807, 2.05) is 10.9 Å². The van der Waals surface area contributed by atoms with Crippen molar-refractivity contribution in [3.8, 4) is 0 Å². The van der Waals surface area contributed by atoms with E-state index in [9.17, 15) is 0 Å². The van der Waals surface area contributed by atoms with Crippen LogP contribution in [0.3, 0.4) is 0 Å². The number of hydrogen-bond donors (Lipinski definition) is 0. The van der Waals surface area contributed by atoms with Crippen LogP contribution in [0.2, 0.25) is 0 Å². The van der Waals surface area contributed by atoms with Crippen molar-refractivity contribution in [2.75, 3.05) is 0 Å². The highest BCUT2D eigenvalue weighted by Crippen LogP contribution is 2.20. The molecule has 112 valence electrons. The molecule has 0 amide bonds. The third-order valence-electron chi connectivity index (χ3n) is 2.94. The standard InChI is InChI=1S/C16H28N3P/c1-13(2)7-6-8-14(3)9-10-19-12-15(17-18-19)11-16(4,5)20/h7,9,12H,6,8,10-11,20H2,1-5H3/b14-9+. The van der Waals surface area contributed by atoms with Gasteiger partial charge in [0.2, 0.25) is 0 Å². The first-order valence-electron chi connectivity index (χ1n) is 7.23. The zero-order chi connectivity index (χ0) is 15.2. The van der Waals surface area contributed by atoms with Crippen molar-refractivity contribution in [2.45, 2.75) is 65.6 Å². The molecule has 1 aromatic heterocycles. The first-order chi connectivity index (χ1) is 9.26. The van der Waals surface area contributed by atoms with E-state index >= 15 is 0 Å². The minimum atomic E-state index is 0.178. The molecule has 0 saturated heterocycles. The van der Waals surface area contributed by atoms with Gasteiger partial charge in [0.25, 0.3) is 0 Å². The van der Waals surface area contributed by atoms with Crippen LogP contribution in [0, 0.1) is 0 Å². The lowest BCUT2D eigenvalue weighted by Crippen LogP contribution is -2.13. The summed E-state index contributed by atoms with van der Waals surface area (Å²) < 4.78 is 1.91. The van der Waals surface area contributed by atoms with Crippen LogP contribution in [0.1, 0.15) is 53.2 Å². The average Bonchev–Trinajstić information content (AvgIpc) is 2.71. The molecular formula is C16H28N3P. The Hall–Kier alpha value is -0.950. The van der Waals surface area contributed by atoms with Crippen LogP contribution >= 0.6 is 9.24 Å². The normalized spacial score (nSPS) is 12.6. The molecule has 1 aromatic rings. The molecule has 0 aliphatic carbocycles. The average molecular weight is 293 g/mol. The van der Waals surface area contributed by atoms with Gasteiger partial charge in [-0.1, -0.05) is 42.4 Å². The number of hydrogen-bond acceptors (Lipinski definition) is 2. The Labute approximate surface area is 125 Å². The monoisotopic (exact) mass is 293 g/mol. The second kappa shape index (κ2) is 7.73. The highest BCUT2D eigenvalue weighted by atomic mass is 31.0. The van der Waals surface area contributed by atoms with Crippen molar-refractivity contribution in [3.05, 3.63) is 35.2 Å². The third kappa shape index (κ3) is 7.59. The van der Waals surface area contributed by atoms with Crippen LogP contribution in [0.5, 0.6) is 0 Å². The molecule has 0 aromatic carbocycles. The Balaban J connectivity index is 2.47. The maximum atomic E-state index is 4.23. The molecule has 0 aliphatic rings. The molecule has 20 heavy (non-hydrogen) atoms. The fraction of sp³-hybridized carbons (Fsp3) is 0.625. The maximum Gasteiger partial charge on any atom is 0.0835 e. The van der Waals surface area contributed by atoms with Gasteiger partial charge in [0, 0.05) is 12.6 Å². The lowest BCUT2D eigenvalue weighted by molar-refractivity contribution is 0.654. The number of aromatic nitrogens is 3. The molecule has 1 unspecified atom stereocenters. The zero-order valence-electron chi connectivity index (χ0n) is 13.5. The Morgan fingerprint density at radius 3 is 2.60 bits per heavy atom. The minimum Gasteiger partial charge on any atom is -0.248 e. The van der Waals surface area contributed by atoms with Gasteiger partial charge in [-0.15, -0.1) is 14.3 Å². The van der Waals surface area contributed by atoms with Crippen LogP contribution in [-0.4, -0.2) is 20.1 Å². The highest BCUT2D eigenvalue weighted by molar-refractivity contribution is 7.18. The second-order valence-corrected chi connectivity index (χ2v) is 8.03. The Morgan fingerprint density at radius 2 is 2.00 bits per heavy atom. The summed E-state index contributed by atoms with van der Waals surface area (Å²) in [5.41, 5.74) is 3.85. The number of nitrogens with zero attached hydrogens (tertiary/aromatic N) is 3. The van der Waals surface area contributed by atoms with Crippen LogP contribution < -0.4 is 0 Å². The summed E-state index contributed by atoms with van der Waals surface area (Å²) in [6.07, 6.45) is 9.74. The molecule has 3 nitrogen and oxygen atoms in total. The van der Waals surface area contributed by atoms with Gasteiger partial charge < -0.3 is 0 Å². The predicted molar refractivity (Wildman–Crippen MR) is 89.9 cm³/mol. The van der Waals surface area contributed by atoms with Gasteiger partial charge in [-0.3, -0.25) is 0 Å². The van der Waals surface area contributed by atoms with Crippen molar-refractivity contribution in [1.82, 2.24) is 15.0 Å². The summed E-state index contributed by atoms with van der Waals surface area (Å²) in [7, 11) is 2.85. The van der Waals surface area contributed by atoms with Gasteiger partial charge in [-0.05, 0) is 38.8 Å². The zero-order valence-corrected chi connectivity index (χ0v) is 14.6. The first kappa shape index (κ1) is 17.1. The fourth-order valence-electron chi connectivity index (χ4n) is 1.92. The van der Waals surface area contributed by atoms with Crippen molar-refractivity contribution < 1.29 is 0 Å². The minimum absolute atomic E-state index is 0.178. The van der Waals surface area contributed by atoms with Crippen LogP contribution in [-0.2, 0) is 13.0 Å². The lowest BCUT2D eigenvalue weighted by Gasteiger charge is -2.14.